The first-order valence-corrected chi connectivity index (χ1v) is 7.90. The highest BCUT2D eigenvalue weighted by Gasteiger charge is 2.22. The van der Waals surface area contributed by atoms with Gasteiger partial charge in [-0.1, -0.05) is 19.1 Å². The average molecular weight is 275 g/mol. The molecule has 0 bridgehead atoms. The van der Waals surface area contributed by atoms with Crippen molar-refractivity contribution in [2.75, 3.05) is 31.6 Å². The van der Waals surface area contributed by atoms with Gasteiger partial charge >= 0.3 is 0 Å². The van der Waals surface area contributed by atoms with E-state index in [0.29, 0.717) is 6.04 Å². The Bertz CT molecular complexity index is 399. The zero-order valence-corrected chi connectivity index (χ0v) is 13.2. The lowest BCUT2D eigenvalue weighted by Crippen LogP contribution is -2.39. The molecular formula is C17H29N3. The summed E-state index contributed by atoms with van der Waals surface area (Å²) in [5, 5.41) is 0. The summed E-state index contributed by atoms with van der Waals surface area (Å²) in [6.45, 7) is 7.89. The van der Waals surface area contributed by atoms with E-state index >= 15 is 0 Å². The van der Waals surface area contributed by atoms with Crippen LogP contribution in [0.25, 0.3) is 0 Å². The van der Waals surface area contributed by atoms with Crippen LogP contribution >= 0.6 is 0 Å². The molecule has 1 saturated heterocycles. The molecule has 1 aromatic carbocycles. The standard InChI is InChI=1S/C17H29N3/c1-4-16-13-19(3)10-5-11-20(16)17-8-6-15(7-9-17)12-14(2)18/h6-9,14,16H,4-5,10-13,18H2,1-3H3. The van der Waals surface area contributed by atoms with E-state index in [9.17, 15) is 0 Å². The van der Waals surface area contributed by atoms with Crippen molar-refractivity contribution in [3.05, 3.63) is 29.8 Å². The normalized spacial score (nSPS) is 22.6. The van der Waals surface area contributed by atoms with E-state index in [1.165, 1.54) is 30.6 Å². The third-order valence-corrected chi connectivity index (χ3v) is 4.20. The van der Waals surface area contributed by atoms with Crippen LogP contribution in [-0.4, -0.2) is 43.7 Å². The number of likely N-dealkylation sites (N-methyl/N-ethyl adjacent to an activating group) is 1. The highest BCUT2D eigenvalue weighted by molar-refractivity contribution is 5.49. The van der Waals surface area contributed by atoms with Gasteiger partial charge in [-0.15, -0.1) is 0 Å². The number of benzene rings is 1. The third-order valence-electron chi connectivity index (χ3n) is 4.20. The van der Waals surface area contributed by atoms with E-state index in [2.05, 4.69) is 55.0 Å². The predicted molar refractivity (Wildman–Crippen MR) is 87.3 cm³/mol. The molecule has 2 unspecified atom stereocenters. The first kappa shape index (κ1) is 15.3. The van der Waals surface area contributed by atoms with E-state index in [-0.39, 0.29) is 6.04 Å². The van der Waals surface area contributed by atoms with Crippen molar-refractivity contribution in [3.63, 3.8) is 0 Å². The molecule has 0 spiro atoms. The number of hydrogen-bond donors (Lipinski definition) is 1. The largest absolute Gasteiger partial charge is 0.367 e. The smallest absolute Gasteiger partial charge is 0.0414 e. The van der Waals surface area contributed by atoms with Crippen molar-refractivity contribution in [1.82, 2.24) is 4.90 Å². The van der Waals surface area contributed by atoms with Crippen molar-refractivity contribution in [3.8, 4) is 0 Å². The molecule has 0 radical (unpaired) electrons. The second-order valence-electron chi connectivity index (χ2n) is 6.22. The molecule has 2 atom stereocenters. The Labute approximate surface area is 123 Å². The maximum absolute atomic E-state index is 5.87. The Morgan fingerprint density at radius 2 is 1.95 bits per heavy atom. The number of rotatable bonds is 4. The monoisotopic (exact) mass is 275 g/mol. The summed E-state index contributed by atoms with van der Waals surface area (Å²) in [5.41, 5.74) is 8.57. The van der Waals surface area contributed by atoms with Gasteiger partial charge < -0.3 is 15.5 Å². The number of hydrogen-bond acceptors (Lipinski definition) is 3. The Morgan fingerprint density at radius 3 is 2.55 bits per heavy atom. The van der Waals surface area contributed by atoms with Crippen molar-refractivity contribution in [2.45, 2.75) is 45.2 Å². The second kappa shape index (κ2) is 7.09. The molecule has 1 aliphatic rings. The van der Waals surface area contributed by atoms with Crippen molar-refractivity contribution >= 4 is 5.69 Å². The average Bonchev–Trinajstić information content (AvgIpc) is 2.60. The number of nitrogens with two attached hydrogens (primary N) is 1. The van der Waals surface area contributed by atoms with E-state index in [4.69, 9.17) is 5.73 Å². The van der Waals surface area contributed by atoms with E-state index in [1.54, 1.807) is 0 Å². The fraction of sp³-hybridized carbons (Fsp3) is 0.647. The fourth-order valence-corrected chi connectivity index (χ4v) is 3.13. The SMILES string of the molecule is CCC1CN(C)CCCN1c1ccc(CC(C)N)cc1. The summed E-state index contributed by atoms with van der Waals surface area (Å²) in [5.74, 6) is 0. The van der Waals surface area contributed by atoms with Crippen LogP contribution in [0.3, 0.4) is 0 Å². The Balaban J connectivity index is 2.11. The Morgan fingerprint density at radius 1 is 1.25 bits per heavy atom. The third kappa shape index (κ3) is 3.97. The molecule has 20 heavy (non-hydrogen) atoms. The van der Waals surface area contributed by atoms with Crippen molar-refractivity contribution in [1.29, 1.82) is 0 Å². The molecule has 2 N–H and O–H groups in total. The van der Waals surface area contributed by atoms with Crippen LogP contribution in [0, 0.1) is 0 Å². The zero-order chi connectivity index (χ0) is 14.5. The van der Waals surface area contributed by atoms with Crippen molar-refractivity contribution < 1.29 is 0 Å². The van der Waals surface area contributed by atoms with E-state index in [0.717, 1.165) is 19.5 Å². The summed E-state index contributed by atoms with van der Waals surface area (Å²) in [6, 6.07) is 9.87. The van der Waals surface area contributed by atoms with Crippen LogP contribution in [-0.2, 0) is 6.42 Å². The summed E-state index contributed by atoms with van der Waals surface area (Å²) >= 11 is 0. The molecule has 3 nitrogen and oxygen atoms in total. The van der Waals surface area contributed by atoms with E-state index < -0.39 is 0 Å². The quantitative estimate of drug-likeness (QED) is 0.916. The summed E-state index contributed by atoms with van der Waals surface area (Å²) in [6.07, 6.45) is 3.40. The summed E-state index contributed by atoms with van der Waals surface area (Å²) in [4.78, 5) is 5.04. The topological polar surface area (TPSA) is 32.5 Å². The van der Waals surface area contributed by atoms with Crippen molar-refractivity contribution in [2.24, 2.45) is 5.73 Å². The summed E-state index contributed by atoms with van der Waals surface area (Å²) in [7, 11) is 2.23. The molecule has 1 aromatic rings. The van der Waals surface area contributed by atoms with Crippen LogP contribution < -0.4 is 10.6 Å². The minimum Gasteiger partial charge on any atom is -0.367 e. The zero-order valence-electron chi connectivity index (χ0n) is 13.2. The van der Waals surface area contributed by atoms with Crippen LogP contribution in [0.4, 0.5) is 5.69 Å². The lowest BCUT2D eigenvalue weighted by molar-refractivity contribution is 0.328. The molecule has 3 heteroatoms. The first-order valence-electron chi connectivity index (χ1n) is 7.90. The molecule has 0 saturated carbocycles. The molecular weight excluding hydrogens is 246 g/mol. The number of nitrogens with zero attached hydrogens (tertiary/aromatic N) is 2. The van der Waals surface area contributed by atoms with Gasteiger partial charge in [-0.2, -0.15) is 0 Å². The Kier molecular flexibility index (Phi) is 5.44. The lowest BCUT2D eigenvalue weighted by atomic mass is 10.1. The second-order valence-corrected chi connectivity index (χ2v) is 6.22. The molecule has 1 aliphatic heterocycles. The van der Waals surface area contributed by atoms with Gasteiger partial charge in [0, 0.05) is 30.9 Å². The predicted octanol–water partition coefficient (Wildman–Crippen LogP) is 2.50. The van der Waals surface area contributed by atoms with Gasteiger partial charge in [-0.25, -0.2) is 0 Å². The fourth-order valence-electron chi connectivity index (χ4n) is 3.13. The number of anilines is 1. The van der Waals surface area contributed by atoms with Gasteiger partial charge in [-0.3, -0.25) is 0 Å². The molecule has 2 rings (SSSR count). The van der Waals surface area contributed by atoms with Gasteiger partial charge in [0.1, 0.15) is 0 Å². The van der Waals surface area contributed by atoms with Gasteiger partial charge in [0.05, 0.1) is 0 Å². The highest BCUT2D eigenvalue weighted by Crippen LogP contribution is 2.22. The molecule has 1 heterocycles. The van der Waals surface area contributed by atoms with Gasteiger partial charge in [0.2, 0.25) is 0 Å². The minimum atomic E-state index is 0.232. The van der Waals surface area contributed by atoms with Crippen LogP contribution in [0.5, 0.6) is 0 Å². The van der Waals surface area contributed by atoms with Gasteiger partial charge in [0.15, 0.2) is 0 Å². The molecule has 1 fully saturated rings. The van der Waals surface area contributed by atoms with Crippen LogP contribution in [0.15, 0.2) is 24.3 Å². The van der Waals surface area contributed by atoms with Gasteiger partial charge in [-0.05, 0) is 57.5 Å². The van der Waals surface area contributed by atoms with Crippen LogP contribution in [0.2, 0.25) is 0 Å². The molecule has 0 amide bonds. The summed E-state index contributed by atoms with van der Waals surface area (Å²) < 4.78 is 0. The molecule has 112 valence electrons. The molecule has 0 aromatic heterocycles. The lowest BCUT2D eigenvalue weighted by Gasteiger charge is -2.32. The maximum Gasteiger partial charge on any atom is 0.0414 e. The highest BCUT2D eigenvalue weighted by atomic mass is 15.2. The first-order chi connectivity index (χ1) is 9.60. The van der Waals surface area contributed by atoms with Crippen LogP contribution in [0.1, 0.15) is 32.3 Å². The minimum absolute atomic E-state index is 0.232. The Hall–Kier alpha value is -1.06. The maximum atomic E-state index is 5.87. The van der Waals surface area contributed by atoms with E-state index in [1.807, 2.05) is 0 Å². The molecule has 0 aliphatic carbocycles. The van der Waals surface area contributed by atoms with Gasteiger partial charge in [0.25, 0.3) is 0 Å².